The molecule has 0 radical (unpaired) electrons. The van der Waals surface area contributed by atoms with Crippen LogP contribution < -0.4 is 10.1 Å². The van der Waals surface area contributed by atoms with Crippen LogP contribution in [0, 0.1) is 0 Å². The number of phenolic OH excluding ortho intramolecular Hbond substituents is 1. The van der Waals surface area contributed by atoms with Gasteiger partial charge in [0.1, 0.15) is 11.5 Å². The average molecular weight is 265 g/mol. The minimum atomic E-state index is -0.291. The zero-order valence-corrected chi connectivity index (χ0v) is 11.2. The lowest BCUT2D eigenvalue weighted by atomic mass is 9.92. The third kappa shape index (κ3) is 3.17. The van der Waals surface area contributed by atoms with Gasteiger partial charge in [0.25, 0.3) is 5.91 Å². The largest absolute Gasteiger partial charge is 0.507 e. The third-order valence-corrected chi connectivity index (χ3v) is 3.46. The molecule has 1 aromatic carbocycles. The summed E-state index contributed by atoms with van der Waals surface area (Å²) in [7, 11) is 1.52. The van der Waals surface area contributed by atoms with Gasteiger partial charge in [-0.3, -0.25) is 4.79 Å². The molecule has 19 heavy (non-hydrogen) atoms. The Morgan fingerprint density at radius 2 is 2.11 bits per heavy atom. The second-order valence-corrected chi connectivity index (χ2v) is 5.01. The first-order chi connectivity index (χ1) is 9.04. The van der Waals surface area contributed by atoms with Crippen LogP contribution in [0.5, 0.6) is 11.5 Å². The van der Waals surface area contributed by atoms with Crippen LogP contribution in [0.3, 0.4) is 0 Å². The van der Waals surface area contributed by atoms with E-state index < -0.39 is 0 Å². The van der Waals surface area contributed by atoms with Crippen molar-refractivity contribution < 1.29 is 19.4 Å². The number of hydrogen-bond donors (Lipinski definition) is 2. The molecule has 0 spiro atoms. The first kappa shape index (κ1) is 13.7. The Balaban J connectivity index is 2.15. The Bertz CT molecular complexity index is 467. The van der Waals surface area contributed by atoms with E-state index in [1.54, 1.807) is 6.07 Å². The van der Waals surface area contributed by atoms with Crippen molar-refractivity contribution in [2.45, 2.75) is 25.3 Å². The van der Waals surface area contributed by atoms with Crippen LogP contribution >= 0.6 is 0 Å². The molecule has 1 fully saturated rings. The maximum atomic E-state index is 12.2. The Morgan fingerprint density at radius 1 is 1.42 bits per heavy atom. The summed E-state index contributed by atoms with van der Waals surface area (Å²) >= 11 is 0. The van der Waals surface area contributed by atoms with Gasteiger partial charge in [0.05, 0.1) is 12.7 Å². The van der Waals surface area contributed by atoms with Crippen molar-refractivity contribution in [3.8, 4) is 11.5 Å². The van der Waals surface area contributed by atoms with Gasteiger partial charge < -0.3 is 19.9 Å². The molecule has 1 saturated heterocycles. The monoisotopic (exact) mass is 265 g/mol. The van der Waals surface area contributed by atoms with Gasteiger partial charge in [-0.05, 0) is 38.0 Å². The number of benzene rings is 1. The number of carbonyl (C=O) groups excluding carboxylic acids is 1. The summed E-state index contributed by atoms with van der Waals surface area (Å²) in [4.78, 5) is 12.2. The summed E-state index contributed by atoms with van der Waals surface area (Å²) in [6.07, 6.45) is 1.53. The summed E-state index contributed by atoms with van der Waals surface area (Å²) in [5.74, 6) is 0.204. The second kappa shape index (κ2) is 5.48. The summed E-state index contributed by atoms with van der Waals surface area (Å²) in [6, 6.07) is 4.61. The molecule has 5 nitrogen and oxygen atoms in total. The Kier molecular flexibility index (Phi) is 3.95. The van der Waals surface area contributed by atoms with E-state index >= 15 is 0 Å². The normalized spacial score (nSPS) is 17.8. The molecule has 0 atom stereocenters. The number of phenols is 1. The number of rotatable bonds is 3. The van der Waals surface area contributed by atoms with E-state index in [0.717, 1.165) is 12.8 Å². The highest BCUT2D eigenvalue weighted by molar-refractivity contribution is 5.97. The van der Waals surface area contributed by atoms with Crippen LogP contribution in [0.25, 0.3) is 0 Å². The van der Waals surface area contributed by atoms with Crippen LogP contribution in [-0.4, -0.2) is 36.9 Å². The molecule has 0 unspecified atom stereocenters. The van der Waals surface area contributed by atoms with E-state index in [4.69, 9.17) is 9.47 Å². The van der Waals surface area contributed by atoms with Crippen molar-refractivity contribution in [3.63, 3.8) is 0 Å². The quantitative estimate of drug-likeness (QED) is 0.873. The minimum absolute atomic E-state index is 0.0473. The smallest absolute Gasteiger partial charge is 0.255 e. The standard InChI is InChI=1S/C14H19NO4/c1-14(5-7-19-8-6-14)15-13(17)11-9-10(18-2)3-4-12(11)16/h3-4,9,16H,5-8H2,1-2H3,(H,15,17). The third-order valence-electron chi connectivity index (χ3n) is 3.46. The molecule has 104 valence electrons. The Morgan fingerprint density at radius 3 is 2.74 bits per heavy atom. The highest BCUT2D eigenvalue weighted by Crippen LogP contribution is 2.25. The summed E-state index contributed by atoms with van der Waals surface area (Å²) in [6.45, 7) is 3.27. The maximum Gasteiger partial charge on any atom is 0.255 e. The predicted octanol–water partition coefficient (Wildman–Crippen LogP) is 1.70. The molecule has 1 amide bonds. The number of carbonyl (C=O) groups is 1. The summed E-state index contributed by atoms with van der Waals surface area (Å²) in [5, 5.41) is 12.7. The second-order valence-electron chi connectivity index (χ2n) is 5.01. The fourth-order valence-corrected chi connectivity index (χ4v) is 2.11. The molecule has 0 saturated carbocycles. The van der Waals surface area contributed by atoms with Crippen molar-refractivity contribution in [2.75, 3.05) is 20.3 Å². The number of hydrogen-bond acceptors (Lipinski definition) is 4. The SMILES string of the molecule is COc1ccc(O)c(C(=O)NC2(C)CCOCC2)c1. The van der Waals surface area contributed by atoms with Crippen molar-refractivity contribution in [3.05, 3.63) is 23.8 Å². The van der Waals surface area contributed by atoms with E-state index in [2.05, 4.69) is 5.32 Å². The number of amides is 1. The van der Waals surface area contributed by atoms with E-state index in [1.165, 1.54) is 19.2 Å². The molecule has 0 aliphatic carbocycles. The van der Waals surface area contributed by atoms with Gasteiger partial charge in [-0.15, -0.1) is 0 Å². The van der Waals surface area contributed by atoms with Crippen LogP contribution in [0.15, 0.2) is 18.2 Å². The summed E-state index contributed by atoms with van der Waals surface area (Å²) in [5.41, 5.74) is -0.0581. The number of methoxy groups -OCH3 is 1. The van der Waals surface area contributed by atoms with Crippen LogP contribution in [0.4, 0.5) is 0 Å². The van der Waals surface area contributed by atoms with Gasteiger partial charge in [0, 0.05) is 18.8 Å². The van der Waals surface area contributed by atoms with Crippen LogP contribution in [0.1, 0.15) is 30.1 Å². The molecule has 2 rings (SSSR count). The lowest BCUT2D eigenvalue weighted by Crippen LogP contribution is -2.49. The van der Waals surface area contributed by atoms with Crippen molar-refractivity contribution in [1.82, 2.24) is 5.32 Å². The average Bonchev–Trinajstić information content (AvgIpc) is 2.39. The van der Waals surface area contributed by atoms with Crippen LogP contribution in [-0.2, 0) is 4.74 Å². The maximum absolute atomic E-state index is 12.2. The van der Waals surface area contributed by atoms with E-state index in [0.29, 0.717) is 19.0 Å². The highest BCUT2D eigenvalue weighted by Gasteiger charge is 2.30. The highest BCUT2D eigenvalue weighted by atomic mass is 16.5. The van der Waals surface area contributed by atoms with E-state index in [1.807, 2.05) is 6.92 Å². The predicted molar refractivity (Wildman–Crippen MR) is 70.6 cm³/mol. The zero-order valence-electron chi connectivity index (χ0n) is 11.2. The van der Waals surface area contributed by atoms with Crippen molar-refractivity contribution in [1.29, 1.82) is 0 Å². The van der Waals surface area contributed by atoms with E-state index in [9.17, 15) is 9.90 Å². The first-order valence-electron chi connectivity index (χ1n) is 6.31. The number of ether oxygens (including phenoxy) is 2. The molecular formula is C14H19NO4. The van der Waals surface area contributed by atoms with Gasteiger partial charge in [0.2, 0.25) is 0 Å². The molecule has 2 N–H and O–H groups in total. The van der Waals surface area contributed by atoms with Crippen LogP contribution in [0.2, 0.25) is 0 Å². The molecule has 1 aliphatic heterocycles. The molecule has 1 aromatic rings. The van der Waals surface area contributed by atoms with Crippen molar-refractivity contribution in [2.24, 2.45) is 0 Å². The van der Waals surface area contributed by atoms with E-state index in [-0.39, 0.29) is 22.8 Å². The van der Waals surface area contributed by atoms with Gasteiger partial charge >= 0.3 is 0 Å². The Hall–Kier alpha value is -1.75. The van der Waals surface area contributed by atoms with Gasteiger partial charge in [0.15, 0.2) is 0 Å². The molecule has 0 aromatic heterocycles. The zero-order chi connectivity index (χ0) is 13.9. The molecule has 1 aliphatic rings. The first-order valence-corrected chi connectivity index (χ1v) is 6.31. The van der Waals surface area contributed by atoms with Gasteiger partial charge in [-0.1, -0.05) is 0 Å². The minimum Gasteiger partial charge on any atom is -0.507 e. The summed E-state index contributed by atoms with van der Waals surface area (Å²) < 4.78 is 10.4. The molecule has 0 bridgehead atoms. The molecule has 5 heteroatoms. The van der Waals surface area contributed by atoms with Gasteiger partial charge in [-0.2, -0.15) is 0 Å². The van der Waals surface area contributed by atoms with Crippen molar-refractivity contribution >= 4 is 5.91 Å². The molecule has 1 heterocycles. The number of aromatic hydroxyl groups is 1. The fourth-order valence-electron chi connectivity index (χ4n) is 2.11. The Labute approximate surface area is 112 Å². The van der Waals surface area contributed by atoms with Gasteiger partial charge in [-0.25, -0.2) is 0 Å². The lowest BCUT2D eigenvalue weighted by Gasteiger charge is -2.34. The fraction of sp³-hybridized carbons (Fsp3) is 0.500. The molecular weight excluding hydrogens is 246 g/mol. The number of nitrogens with one attached hydrogen (secondary N) is 1. The topological polar surface area (TPSA) is 67.8 Å². The lowest BCUT2D eigenvalue weighted by molar-refractivity contribution is 0.0422.